The molecule has 1 aromatic rings. The fraction of sp³-hybridized carbons (Fsp3) is 0.667. The third-order valence-electron chi connectivity index (χ3n) is 4.66. The average molecular weight is 289 g/mol. The number of piperidine rings is 1. The Morgan fingerprint density at radius 3 is 2.10 bits per heavy atom. The predicted octanol–water partition coefficient (Wildman–Crippen LogP) is 3.28. The molecule has 118 valence electrons. The molecular formula is C18H31N3. The number of likely N-dealkylation sites (tertiary alicyclic amines) is 1. The molecule has 2 rings (SSSR count). The molecule has 1 saturated heterocycles. The summed E-state index contributed by atoms with van der Waals surface area (Å²) in [7, 11) is 4.17. The monoisotopic (exact) mass is 289 g/mol. The van der Waals surface area contributed by atoms with Crippen LogP contribution in [0.5, 0.6) is 0 Å². The van der Waals surface area contributed by atoms with Crippen molar-refractivity contribution in [2.45, 2.75) is 51.7 Å². The van der Waals surface area contributed by atoms with Crippen molar-refractivity contribution in [3.8, 4) is 0 Å². The number of benzene rings is 1. The third kappa shape index (κ3) is 4.45. The van der Waals surface area contributed by atoms with Crippen LogP contribution in [-0.4, -0.2) is 44.2 Å². The van der Waals surface area contributed by atoms with E-state index < -0.39 is 0 Å². The standard InChI is InChI=1S/C18H31N3/c1-14(2)21-12-10-17(11-13-21)19-15(3)16-6-8-18(9-7-16)20(4)5/h6-9,14-15,17,19H,10-13H2,1-5H3. The Labute approximate surface area is 130 Å². The Balaban J connectivity index is 1.86. The number of nitrogens with one attached hydrogen (secondary N) is 1. The van der Waals surface area contributed by atoms with E-state index in [0.717, 1.165) is 0 Å². The quantitative estimate of drug-likeness (QED) is 0.897. The van der Waals surface area contributed by atoms with Crippen LogP contribution < -0.4 is 10.2 Å². The van der Waals surface area contributed by atoms with Gasteiger partial charge in [-0.3, -0.25) is 0 Å². The predicted molar refractivity (Wildman–Crippen MR) is 92.1 cm³/mol. The van der Waals surface area contributed by atoms with Gasteiger partial charge in [-0.2, -0.15) is 0 Å². The van der Waals surface area contributed by atoms with Gasteiger partial charge in [-0.05, 0) is 64.4 Å². The van der Waals surface area contributed by atoms with Gasteiger partial charge >= 0.3 is 0 Å². The first-order valence-electron chi connectivity index (χ1n) is 8.24. The van der Waals surface area contributed by atoms with Gasteiger partial charge in [0.1, 0.15) is 0 Å². The van der Waals surface area contributed by atoms with Gasteiger partial charge in [0.2, 0.25) is 0 Å². The second kappa shape index (κ2) is 7.28. The lowest BCUT2D eigenvalue weighted by Crippen LogP contribution is -2.45. The van der Waals surface area contributed by atoms with E-state index in [0.29, 0.717) is 18.1 Å². The van der Waals surface area contributed by atoms with Crippen LogP contribution in [0, 0.1) is 0 Å². The largest absolute Gasteiger partial charge is 0.378 e. The molecule has 21 heavy (non-hydrogen) atoms. The lowest BCUT2D eigenvalue weighted by Gasteiger charge is -2.36. The van der Waals surface area contributed by atoms with Crippen molar-refractivity contribution in [3.63, 3.8) is 0 Å². The van der Waals surface area contributed by atoms with Crippen LogP contribution in [0.2, 0.25) is 0 Å². The van der Waals surface area contributed by atoms with E-state index in [2.05, 4.69) is 74.2 Å². The first-order valence-corrected chi connectivity index (χ1v) is 8.24. The Morgan fingerprint density at radius 1 is 1.05 bits per heavy atom. The molecule has 0 amide bonds. The summed E-state index contributed by atoms with van der Waals surface area (Å²) in [5, 5.41) is 3.80. The zero-order valence-electron chi connectivity index (χ0n) is 14.3. The minimum atomic E-state index is 0.428. The molecule has 1 heterocycles. The summed E-state index contributed by atoms with van der Waals surface area (Å²) in [6, 6.07) is 10.7. The molecule has 0 radical (unpaired) electrons. The summed E-state index contributed by atoms with van der Waals surface area (Å²) in [6.45, 7) is 9.31. The van der Waals surface area contributed by atoms with Crippen molar-refractivity contribution in [3.05, 3.63) is 29.8 Å². The second-order valence-corrected chi connectivity index (χ2v) is 6.78. The minimum absolute atomic E-state index is 0.428. The number of rotatable bonds is 5. The lowest BCUT2D eigenvalue weighted by molar-refractivity contribution is 0.157. The van der Waals surface area contributed by atoms with E-state index in [4.69, 9.17) is 0 Å². The van der Waals surface area contributed by atoms with Crippen molar-refractivity contribution in [2.24, 2.45) is 0 Å². The van der Waals surface area contributed by atoms with Gasteiger partial charge in [0.05, 0.1) is 0 Å². The highest BCUT2D eigenvalue weighted by atomic mass is 15.2. The number of anilines is 1. The molecule has 1 fully saturated rings. The van der Waals surface area contributed by atoms with Gasteiger partial charge in [-0.1, -0.05) is 12.1 Å². The molecule has 0 bridgehead atoms. The fourth-order valence-corrected chi connectivity index (χ4v) is 3.09. The van der Waals surface area contributed by atoms with Crippen molar-refractivity contribution in [2.75, 3.05) is 32.1 Å². The highest BCUT2D eigenvalue weighted by Gasteiger charge is 2.22. The lowest BCUT2D eigenvalue weighted by atomic mass is 10.0. The molecule has 1 atom stereocenters. The summed E-state index contributed by atoms with van der Waals surface area (Å²) in [5.74, 6) is 0. The summed E-state index contributed by atoms with van der Waals surface area (Å²) in [5.41, 5.74) is 2.64. The molecule has 3 nitrogen and oxygen atoms in total. The molecular weight excluding hydrogens is 258 g/mol. The van der Waals surface area contributed by atoms with Crippen LogP contribution in [-0.2, 0) is 0 Å². The van der Waals surface area contributed by atoms with Crippen LogP contribution in [0.15, 0.2) is 24.3 Å². The summed E-state index contributed by atoms with van der Waals surface area (Å²) < 4.78 is 0. The zero-order valence-corrected chi connectivity index (χ0v) is 14.3. The first-order chi connectivity index (χ1) is 9.97. The van der Waals surface area contributed by atoms with Crippen LogP contribution in [0.1, 0.15) is 45.2 Å². The van der Waals surface area contributed by atoms with Crippen LogP contribution in [0.25, 0.3) is 0 Å². The Morgan fingerprint density at radius 2 is 1.62 bits per heavy atom. The van der Waals surface area contributed by atoms with Gasteiger partial charge in [0.15, 0.2) is 0 Å². The zero-order chi connectivity index (χ0) is 15.4. The summed E-state index contributed by atoms with van der Waals surface area (Å²) in [6.07, 6.45) is 2.52. The van der Waals surface area contributed by atoms with Gasteiger partial charge in [-0.25, -0.2) is 0 Å². The van der Waals surface area contributed by atoms with E-state index in [9.17, 15) is 0 Å². The smallest absolute Gasteiger partial charge is 0.0361 e. The van der Waals surface area contributed by atoms with Crippen LogP contribution in [0.4, 0.5) is 5.69 Å². The van der Waals surface area contributed by atoms with Crippen molar-refractivity contribution < 1.29 is 0 Å². The maximum atomic E-state index is 3.80. The second-order valence-electron chi connectivity index (χ2n) is 6.78. The number of hydrogen-bond acceptors (Lipinski definition) is 3. The van der Waals surface area contributed by atoms with Crippen molar-refractivity contribution in [1.29, 1.82) is 0 Å². The third-order valence-corrected chi connectivity index (χ3v) is 4.66. The number of nitrogens with zero attached hydrogens (tertiary/aromatic N) is 2. The normalized spacial score (nSPS) is 19.0. The highest BCUT2D eigenvalue weighted by molar-refractivity contribution is 5.46. The van der Waals surface area contributed by atoms with E-state index >= 15 is 0 Å². The molecule has 0 aliphatic carbocycles. The molecule has 1 aliphatic rings. The molecule has 1 aliphatic heterocycles. The van der Waals surface area contributed by atoms with Crippen molar-refractivity contribution in [1.82, 2.24) is 10.2 Å². The Bertz CT molecular complexity index is 417. The molecule has 1 N–H and O–H groups in total. The van der Waals surface area contributed by atoms with Gasteiger partial charge in [-0.15, -0.1) is 0 Å². The topological polar surface area (TPSA) is 18.5 Å². The number of hydrogen-bond donors (Lipinski definition) is 1. The van der Waals surface area contributed by atoms with Crippen LogP contribution in [0.3, 0.4) is 0 Å². The molecule has 1 unspecified atom stereocenters. The van der Waals surface area contributed by atoms with Crippen molar-refractivity contribution >= 4 is 5.69 Å². The molecule has 0 saturated carbocycles. The summed E-state index contributed by atoms with van der Waals surface area (Å²) >= 11 is 0. The average Bonchev–Trinajstić information content (AvgIpc) is 2.47. The maximum absolute atomic E-state index is 3.80. The molecule has 3 heteroatoms. The Hall–Kier alpha value is -1.06. The van der Waals surface area contributed by atoms with E-state index in [-0.39, 0.29) is 0 Å². The van der Waals surface area contributed by atoms with E-state index in [1.807, 2.05) is 0 Å². The molecule has 0 aromatic heterocycles. The van der Waals surface area contributed by atoms with E-state index in [1.165, 1.54) is 37.2 Å². The van der Waals surface area contributed by atoms with Gasteiger partial charge in [0, 0.05) is 37.9 Å². The summed E-state index contributed by atoms with van der Waals surface area (Å²) in [4.78, 5) is 4.72. The SMILES string of the molecule is CC(NC1CCN(C(C)C)CC1)c1ccc(N(C)C)cc1. The van der Waals surface area contributed by atoms with E-state index in [1.54, 1.807) is 0 Å². The minimum Gasteiger partial charge on any atom is -0.378 e. The fourth-order valence-electron chi connectivity index (χ4n) is 3.09. The maximum Gasteiger partial charge on any atom is 0.0361 e. The Kier molecular flexibility index (Phi) is 5.65. The van der Waals surface area contributed by atoms with Gasteiger partial charge in [0.25, 0.3) is 0 Å². The molecule has 0 spiro atoms. The first kappa shape index (κ1) is 16.3. The highest BCUT2D eigenvalue weighted by Crippen LogP contribution is 2.20. The van der Waals surface area contributed by atoms with Crippen LogP contribution >= 0.6 is 0 Å². The molecule has 1 aromatic carbocycles. The van der Waals surface area contributed by atoms with Gasteiger partial charge < -0.3 is 15.1 Å².